The molecule has 3 aromatic carbocycles. The molecule has 4 heterocycles. The van der Waals surface area contributed by atoms with Crippen molar-refractivity contribution < 1.29 is 38.8 Å². The molecule has 1 radical (unpaired) electrons. The molecule has 249 valence electrons. The third kappa shape index (κ3) is 6.78. The van der Waals surface area contributed by atoms with Gasteiger partial charge in [-0.25, -0.2) is 0 Å². The monoisotopic (exact) mass is 835 g/mol. The summed E-state index contributed by atoms with van der Waals surface area (Å²) in [4.78, 5) is 17.7. The summed E-state index contributed by atoms with van der Waals surface area (Å²) in [5, 5.41) is 14.2. The SMILES string of the molecule is CCC(CC)C(=O)/C=C(\O)C(CC)CC.Cc1c(-c2ccnc(-c3[c-]c4occc4c4c3oc3ccccc34)c2)sc2ccccc12.[Ir]. The summed E-state index contributed by atoms with van der Waals surface area (Å²) in [5.41, 5.74) is 6.43. The van der Waals surface area contributed by atoms with Crippen molar-refractivity contribution in [3.8, 4) is 21.7 Å². The number of thiophene rings is 1. The minimum Gasteiger partial charge on any atom is -0.512 e. The van der Waals surface area contributed by atoms with Gasteiger partial charge in [0.25, 0.3) is 0 Å². The van der Waals surface area contributed by atoms with Crippen molar-refractivity contribution in [1.82, 2.24) is 4.98 Å². The van der Waals surface area contributed by atoms with Gasteiger partial charge in [-0.3, -0.25) is 4.79 Å². The van der Waals surface area contributed by atoms with E-state index in [2.05, 4.69) is 55.5 Å². The van der Waals surface area contributed by atoms with E-state index in [0.717, 1.165) is 69.8 Å². The van der Waals surface area contributed by atoms with Gasteiger partial charge in [0.1, 0.15) is 5.58 Å². The van der Waals surface area contributed by atoms with Gasteiger partial charge in [0.15, 0.2) is 5.78 Å². The van der Waals surface area contributed by atoms with Gasteiger partial charge in [0, 0.05) is 59.2 Å². The normalized spacial score (nSPS) is 11.9. The number of aryl methyl sites for hydroxylation is 1. The van der Waals surface area contributed by atoms with E-state index in [1.807, 2.05) is 69.5 Å². The van der Waals surface area contributed by atoms with E-state index in [9.17, 15) is 9.90 Å². The molecule has 0 spiro atoms. The predicted molar refractivity (Wildman–Crippen MR) is 195 cm³/mol. The zero-order chi connectivity index (χ0) is 33.1. The van der Waals surface area contributed by atoms with Gasteiger partial charge in [0.05, 0.1) is 23.2 Å². The molecular formula is C41H40IrNO4S-. The molecule has 4 aromatic heterocycles. The Morgan fingerprint density at radius 1 is 0.917 bits per heavy atom. The topological polar surface area (TPSA) is 76.5 Å². The Morgan fingerprint density at radius 2 is 1.60 bits per heavy atom. The molecule has 0 saturated carbocycles. The molecule has 0 aliphatic rings. The van der Waals surface area contributed by atoms with Gasteiger partial charge in [0.2, 0.25) is 0 Å². The molecule has 0 aliphatic heterocycles. The van der Waals surface area contributed by atoms with E-state index in [-0.39, 0.29) is 43.5 Å². The number of carbonyl (C=O) groups is 1. The number of carbonyl (C=O) groups excluding carboxylic acids is 1. The third-order valence-electron chi connectivity index (χ3n) is 9.20. The van der Waals surface area contributed by atoms with Crippen LogP contribution in [0, 0.1) is 24.8 Å². The summed E-state index contributed by atoms with van der Waals surface area (Å²) >= 11 is 1.81. The number of nitrogens with zero attached hydrogens (tertiary/aromatic N) is 1. The summed E-state index contributed by atoms with van der Waals surface area (Å²) in [7, 11) is 0. The number of hydrogen-bond acceptors (Lipinski definition) is 6. The second-order valence-corrected chi connectivity index (χ2v) is 13.0. The molecule has 0 saturated heterocycles. The second kappa shape index (κ2) is 15.5. The Kier molecular flexibility index (Phi) is 11.4. The molecule has 0 atom stereocenters. The molecule has 7 rings (SSSR count). The number of aliphatic hydroxyl groups is 1. The quantitative estimate of drug-likeness (QED) is 0.0890. The van der Waals surface area contributed by atoms with Crippen LogP contribution in [0.15, 0.2) is 99.9 Å². The Labute approximate surface area is 299 Å². The number of hydrogen-bond donors (Lipinski definition) is 1. The number of benzene rings is 3. The number of para-hydroxylation sites is 1. The molecule has 0 fully saturated rings. The summed E-state index contributed by atoms with van der Waals surface area (Å²) in [6, 6.07) is 26.2. The zero-order valence-electron chi connectivity index (χ0n) is 27.9. The van der Waals surface area contributed by atoms with E-state index < -0.39 is 0 Å². The molecule has 0 amide bonds. The van der Waals surface area contributed by atoms with Crippen LogP contribution >= 0.6 is 11.3 Å². The number of rotatable bonds is 9. The number of ketones is 1. The Bertz CT molecular complexity index is 2210. The van der Waals surface area contributed by atoms with Crippen LogP contribution < -0.4 is 0 Å². The van der Waals surface area contributed by atoms with Gasteiger partial charge in [-0.2, -0.15) is 0 Å². The first kappa shape index (κ1) is 35.3. The maximum Gasteiger partial charge on any atom is 0.162 e. The average Bonchev–Trinajstić information content (AvgIpc) is 3.81. The van der Waals surface area contributed by atoms with Gasteiger partial charge in [-0.05, 0) is 78.4 Å². The van der Waals surface area contributed by atoms with Crippen LogP contribution in [0.1, 0.15) is 58.9 Å². The number of pyridine rings is 1. The largest absolute Gasteiger partial charge is 0.512 e. The van der Waals surface area contributed by atoms with Gasteiger partial charge >= 0.3 is 0 Å². The van der Waals surface area contributed by atoms with Crippen LogP contribution in [-0.2, 0) is 24.9 Å². The van der Waals surface area contributed by atoms with Crippen molar-refractivity contribution in [3.63, 3.8) is 0 Å². The number of fused-ring (bicyclic) bond motifs is 6. The van der Waals surface area contributed by atoms with E-state index in [1.165, 1.54) is 26.6 Å². The first-order chi connectivity index (χ1) is 22.9. The van der Waals surface area contributed by atoms with E-state index >= 15 is 0 Å². The molecule has 0 unspecified atom stereocenters. The van der Waals surface area contributed by atoms with Gasteiger partial charge in [-0.15, -0.1) is 11.3 Å². The second-order valence-electron chi connectivity index (χ2n) is 11.9. The summed E-state index contributed by atoms with van der Waals surface area (Å²) < 4.78 is 13.4. The van der Waals surface area contributed by atoms with Gasteiger partial charge in [-0.1, -0.05) is 93.2 Å². The van der Waals surface area contributed by atoms with Crippen LogP contribution in [0.2, 0.25) is 0 Å². The minimum atomic E-state index is 0. The smallest absolute Gasteiger partial charge is 0.162 e. The van der Waals surface area contributed by atoms with E-state index in [1.54, 1.807) is 6.26 Å². The number of aliphatic hydroxyl groups excluding tert-OH is 1. The van der Waals surface area contributed by atoms with Crippen molar-refractivity contribution in [2.75, 3.05) is 0 Å². The first-order valence-electron chi connectivity index (χ1n) is 16.5. The summed E-state index contributed by atoms with van der Waals surface area (Å²) in [5.74, 6) is 0.547. The molecular weight excluding hydrogens is 795 g/mol. The summed E-state index contributed by atoms with van der Waals surface area (Å²) in [6.45, 7) is 10.3. The fraction of sp³-hybridized carbons (Fsp3) is 0.268. The van der Waals surface area contributed by atoms with Crippen molar-refractivity contribution in [2.24, 2.45) is 11.8 Å². The molecule has 0 aliphatic carbocycles. The molecule has 7 heteroatoms. The number of furan rings is 2. The molecule has 1 N–H and O–H groups in total. The average molecular weight is 835 g/mol. The van der Waals surface area contributed by atoms with Crippen LogP contribution in [0.3, 0.4) is 0 Å². The summed E-state index contributed by atoms with van der Waals surface area (Å²) in [6.07, 6.45) is 8.48. The van der Waals surface area contributed by atoms with Crippen molar-refractivity contribution in [3.05, 3.63) is 103 Å². The first-order valence-corrected chi connectivity index (χ1v) is 17.3. The Morgan fingerprint density at radius 3 is 2.31 bits per heavy atom. The maximum absolute atomic E-state index is 11.7. The van der Waals surface area contributed by atoms with Crippen molar-refractivity contribution >= 4 is 60.1 Å². The Hall–Kier alpha value is -4.03. The van der Waals surface area contributed by atoms with E-state index in [0.29, 0.717) is 5.58 Å². The molecule has 5 nitrogen and oxygen atoms in total. The van der Waals surface area contributed by atoms with Crippen LogP contribution in [0.5, 0.6) is 0 Å². The van der Waals surface area contributed by atoms with Crippen LogP contribution in [-0.4, -0.2) is 15.9 Å². The zero-order valence-corrected chi connectivity index (χ0v) is 31.1. The van der Waals surface area contributed by atoms with Crippen molar-refractivity contribution in [2.45, 2.75) is 60.3 Å². The number of aromatic nitrogens is 1. The minimum absolute atomic E-state index is 0. The van der Waals surface area contributed by atoms with Gasteiger partial charge < -0.3 is 18.9 Å². The fourth-order valence-corrected chi connectivity index (χ4v) is 7.59. The maximum atomic E-state index is 11.7. The molecule has 7 aromatic rings. The fourth-order valence-electron chi connectivity index (χ4n) is 6.38. The Balaban J connectivity index is 0.000000243. The third-order valence-corrected chi connectivity index (χ3v) is 10.5. The van der Waals surface area contributed by atoms with Crippen molar-refractivity contribution in [1.29, 1.82) is 0 Å². The molecule has 48 heavy (non-hydrogen) atoms. The van der Waals surface area contributed by atoms with Crippen LogP contribution in [0.25, 0.3) is 64.7 Å². The predicted octanol–water partition coefficient (Wildman–Crippen LogP) is 12.3. The standard InChI is InChI=1S/C28H16NO2S.C13H24O2.Ir/c1-16-18-6-3-5-9-25(18)32-28(16)17-10-12-29-22(14-17)21-15-24-20(11-13-30-24)26-19-7-2-4-8-23(19)31-27(21)26;1-5-10(6-2)12(14)9-13(15)11(7-3)8-4;/h2-14H,1H3;9-11,14H,5-8H2,1-4H3;/q-1;;/b;12-9-;. The van der Waals surface area contributed by atoms with E-state index in [4.69, 9.17) is 13.8 Å². The number of allylic oxidation sites excluding steroid dienone is 2. The molecule has 0 bridgehead atoms. The van der Waals surface area contributed by atoms with Crippen LogP contribution in [0.4, 0.5) is 0 Å².